The summed E-state index contributed by atoms with van der Waals surface area (Å²) < 4.78 is 0. The zero-order chi connectivity index (χ0) is 9.54. The smallest absolute Gasteiger partial charge is 0.222 e. The number of likely N-dealkylation sites (tertiary alicyclic amines) is 1. The molecule has 3 atom stereocenters. The van der Waals surface area contributed by atoms with E-state index in [4.69, 9.17) is 0 Å². The van der Waals surface area contributed by atoms with E-state index in [9.17, 15) is 4.79 Å². The third kappa shape index (κ3) is 1.34. The molecule has 0 aromatic heterocycles. The summed E-state index contributed by atoms with van der Waals surface area (Å²) in [6.45, 7) is 4.34. The van der Waals surface area contributed by atoms with Gasteiger partial charge in [-0.15, -0.1) is 0 Å². The Balaban J connectivity index is 1.50. The Kier molecular flexibility index (Phi) is 2.01. The third-order valence-electron chi connectivity index (χ3n) is 4.14. The number of amides is 1. The van der Waals surface area contributed by atoms with E-state index >= 15 is 0 Å². The van der Waals surface area contributed by atoms with Gasteiger partial charge in [0.15, 0.2) is 0 Å². The predicted octanol–water partition coefficient (Wildman–Crippen LogP) is 0.464. The molecule has 14 heavy (non-hydrogen) atoms. The van der Waals surface area contributed by atoms with E-state index in [2.05, 4.69) is 10.2 Å². The van der Waals surface area contributed by atoms with Gasteiger partial charge in [0, 0.05) is 19.5 Å². The third-order valence-corrected chi connectivity index (χ3v) is 4.14. The number of carbonyl (C=O) groups is 1. The highest BCUT2D eigenvalue weighted by Crippen LogP contribution is 2.50. The number of rotatable bonds is 2. The Morgan fingerprint density at radius 2 is 1.86 bits per heavy atom. The van der Waals surface area contributed by atoms with Crippen LogP contribution in [0.15, 0.2) is 0 Å². The largest absolute Gasteiger partial charge is 0.343 e. The molecule has 0 spiro atoms. The molecule has 3 rings (SSSR count). The van der Waals surface area contributed by atoms with E-state index in [1.807, 2.05) is 0 Å². The molecule has 1 unspecified atom stereocenters. The molecular formula is C11H18N2O. The van der Waals surface area contributed by atoms with Crippen molar-refractivity contribution in [2.45, 2.75) is 19.3 Å². The second-order valence-electron chi connectivity index (χ2n) is 4.94. The summed E-state index contributed by atoms with van der Waals surface area (Å²) in [5.41, 5.74) is 0. The normalized spacial score (nSPS) is 40.0. The maximum Gasteiger partial charge on any atom is 0.222 e. The minimum Gasteiger partial charge on any atom is -0.343 e. The van der Waals surface area contributed by atoms with Crippen molar-refractivity contribution in [1.29, 1.82) is 0 Å². The molecule has 3 fully saturated rings. The van der Waals surface area contributed by atoms with Crippen LogP contribution in [-0.2, 0) is 4.79 Å². The molecule has 2 heterocycles. The zero-order valence-electron chi connectivity index (χ0n) is 8.54. The van der Waals surface area contributed by atoms with Crippen LogP contribution in [0.5, 0.6) is 0 Å². The van der Waals surface area contributed by atoms with Crippen molar-refractivity contribution >= 4 is 5.91 Å². The molecule has 1 N–H and O–H groups in total. The quantitative estimate of drug-likeness (QED) is 0.693. The van der Waals surface area contributed by atoms with Gasteiger partial charge in [0.25, 0.3) is 0 Å². The lowest BCUT2D eigenvalue weighted by Gasteiger charge is -2.15. The van der Waals surface area contributed by atoms with E-state index in [0.717, 1.165) is 50.4 Å². The van der Waals surface area contributed by atoms with Gasteiger partial charge in [-0.1, -0.05) is 0 Å². The summed E-state index contributed by atoms with van der Waals surface area (Å²) >= 11 is 0. The van der Waals surface area contributed by atoms with Gasteiger partial charge in [-0.3, -0.25) is 4.79 Å². The predicted molar refractivity (Wildman–Crippen MR) is 53.8 cm³/mol. The van der Waals surface area contributed by atoms with Gasteiger partial charge < -0.3 is 10.2 Å². The van der Waals surface area contributed by atoms with Gasteiger partial charge in [0.1, 0.15) is 0 Å². The van der Waals surface area contributed by atoms with E-state index in [1.54, 1.807) is 0 Å². The van der Waals surface area contributed by atoms with E-state index in [0.29, 0.717) is 5.91 Å². The highest BCUT2D eigenvalue weighted by Gasteiger charge is 2.53. The molecule has 0 bridgehead atoms. The molecule has 2 saturated heterocycles. The maximum atomic E-state index is 11.8. The second-order valence-corrected chi connectivity index (χ2v) is 4.94. The minimum absolute atomic E-state index is 0.418. The number of piperidine rings is 1. The van der Waals surface area contributed by atoms with Gasteiger partial charge in [0.2, 0.25) is 5.91 Å². The SMILES string of the molecule is O=C(CC1[C@H]2CNC[C@@H]12)N1CCCC1. The van der Waals surface area contributed by atoms with Crippen molar-refractivity contribution in [3.05, 3.63) is 0 Å². The Morgan fingerprint density at radius 1 is 1.21 bits per heavy atom. The zero-order valence-corrected chi connectivity index (χ0v) is 8.54. The Labute approximate surface area is 84.8 Å². The number of nitrogens with zero attached hydrogens (tertiary/aromatic N) is 1. The lowest BCUT2D eigenvalue weighted by atomic mass is 10.2. The van der Waals surface area contributed by atoms with Crippen LogP contribution in [0, 0.1) is 17.8 Å². The van der Waals surface area contributed by atoms with Crippen LogP contribution in [0.3, 0.4) is 0 Å². The average molecular weight is 194 g/mol. The van der Waals surface area contributed by atoms with Crippen LogP contribution in [-0.4, -0.2) is 37.0 Å². The highest BCUT2D eigenvalue weighted by molar-refractivity contribution is 5.77. The van der Waals surface area contributed by atoms with Crippen LogP contribution in [0.2, 0.25) is 0 Å². The Bertz CT molecular complexity index is 238. The molecule has 0 aromatic carbocycles. The molecule has 78 valence electrons. The molecular weight excluding hydrogens is 176 g/mol. The number of hydrogen-bond acceptors (Lipinski definition) is 2. The van der Waals surface area contributed by atoms with Crippen LogP contribution in [0.1, 0.15) is 19.3 Å². The standard InChI is InChI=1S/C11H18N2O/c14-11(13-3-1-2-4-13)5-8-9-6-12-7-10(8)9/h8-10,12H,1-7H2/t8?,9-,10+. The Hall–Kier alpha value is -0.570. The van der Waals surface area contributed by atoms with E-state index in [1.165, 1.54) is 12.8 Å². The first-order valence-electron chi connectivity index (χ1n) is 5.85. The van der Waals surface area contributed by atoms with E-state index < -0.39 is 0 Å². The summed E-state index contributed by atoms with van der Waals surface area (Å²) in [5, 5.41) is 3.37. The summed E-state index contributed by atoms with van der Waals surface area (Å²) in [6, 6.07) is 0. The monoisotopic (exact) mass is 194 g/mol. The Morgan fingerprint density at radius 3 is 2.50 bits per heavy atom. The van der Waals surface area contributed by atoms with Crippen LogP contribution >= 0.6 is 0 Å². The summed E-state index contributed by atoms with van der Waals surface area (Å²) in [5.74, 6) is 2.81. The molecule has 1 amide bonds. The van der Waals surface area contributed by atoms with Gasteiger partial charge in [0.05, 0.1) is 0 Å². The van der Waals surface area contributed by atoms with Crippen LogP contribution in [0.25, 0.3) is 0 Å². The number of hydrogen-bond donors (Lipinski definition) is 1. The first-order valence-corrected chi connectivity index (χ1v) is 5.85. The van der Waals surface area contributed by atoms with Crippen molar-refractivity contribution in [1.82, 2.24) is 10.2 Å². The molecule has 1 saturated carbocycles. The topological polar surface area (TPSA) is 32.3 Å². The molecule has 3 aliphatic rings. The van der Waals surface area contributed by atoms with Gasteiger partial charge in [-0.05, 0) is 43.7 Å². The number of nitrogens with one attached hydrogen (secondary N) is 1. The summed E-state index contributed by atoms with van der Waals surface area (Å²) in [6.07, 6.45) is 3.26. The molecule has 0 radical (unpaired) electrons. The first kappa shape index (κ1) is 8.72. The first-order chi connectivity index (χ1) is 6.86. The number of carbonyl (C=O) groups excluding carboxylic acids is 1. The van der Waals surface area contributed by atoms with Gasteiger partial charge in [-0.25, -0.2) is 0 Å². The fourth-order valence-electron chi connectivity index (χ4n) is 3.15. The maximum absolute atomic E-state index is 11.8. The van der Waals surface area contributed by atoms with Crippen molar-refractivity contribution in [2.75, 3.05) is 26.2 Å². The van der Waals surface area contributed by atoms with Crippen molar-refractivity contribution in [3.8, 4) is 0 Å². The summed E-state index contributed by atoms with van der Waals surface area (Å²) in [4.78, 5) is 13.9. The van der Waals surface area contributed by atoms with Crippen molar-refractivity contribution in [2.24, 2.45) is 17.8 Å². The molecule has 3 heteroatoms. The van der Waals surface area contributed by atoms with E-state index in [-0.39, 0.29) is 0 Å². The minimum atomic E-state index is 0.418. The molecule has 0 aromatic rings. The van der Waals surface area contributed by atoms with Crippen molar-refractivity contribution < 1.29 is 4.79 Å². The lowest BCUT2D eigenvalue weighted by molar-refractivity contribution is -0.130. The molecule has 2 aliphatic heterocycles. The molecule has 1 aliphatic carbocycles. The highest BCUT2D eigenvalue weighted by atomic mass is 16.2. The average Bonchev–Trinajstić information content (AvgIpc) is 2.75. The van der Waals surface area contributed by atoms with Crippen molar-refractivity contribution in [3.63, 3.8) is 0 Å². The lowest BCUT2D eigenvalue weighted by Crippen LogP contribution is -2.29. The van der Waals surface area contributed by atoms with Gasteiger partial charge >= 0.3 is 0 Å². The second kappa shape index (κ2) is 3.23. The number of fused-ring (bicyclic) bond motifs is 1. The fourth-order valence-corrected chi connectivity index (χ4v) is 3.15. The van der Waals surface area contributed by atoms with Gasteiger partial charge in [-0.2, -0.15) is 0 Å². The summed E-state index contributed by atoms with van der Waals surface area (Å²) in [7, 11) is 0. The van der Waals surface area contributed by atoms with Crippen LogP contribution < -0.4 is 5.32 Å². The fraction of sp³-hybridized carbons (Fsp3) is 0.909. The molecule has 3 nitrogen and oxygen atoms in total. The van der Waals surface area contributed by atoms with Crippen LogP contribution in [0.4, 0.5) is 0 Å².